The Kier molecular flexibility index (Phi) is 5.56. The molecule has 6 heteroatoms. The van der Waals surface area contributed by atoms with Crippen LogP contribution >= 0.6 is 11.8 Å². The summed E-state index contributed by atoms with van der Waals surface area (Å²) in [6.07, 6.45) is 9.78. The van der Waals surface area contributed by atoms with Crippen molar-refractivity contribution in [2.24, 2.45) is 0 Å². The molecular weight excluding hydrogens is 298 g/mol. The molecule has 0 saturated heterocycles. The monoisotopic (exact) mass is 321 g/mol. The Labute approximate surface area is 135 Å². The number of unbranched alkanes of at least 4 members (excludes halogenated alkanes) is 1. The van der Waals surface area contributed by atoms with E-state index < -0.39 is 0 Å². The number of aromatic nitrogens is 3. The van der Waals surface area contributed by atoms with E-state index in [-0.39, 0.29) is 6.61 Å². The lowest BCUT2D eigenvalue weighted by Crippen LogP contribution is -2.15. The van der Waals surface area contributed by atoms with Crippen LogP contribution in [0.5, 0.6) is 0 Å². The summed E-state index contributed by atoms with van der Waals surface area (Å²) in [5, 5.41) is 18.7. The van der Waals surface area contributed by atoms with Crippen LogP contribution in [0.1, 0.15) is 51.0 Å². The SMILES string of the molecule is OCCCCSc1nnc(-c2ccco2)n1C1CCCCC1. The largest absolute Gasteiger partial charge is 0.461 e. The third-order valence-corrected chi connectivity index (χ3v) is 5.16. The van der Waals surface area contributed by atoms with Crippen LogP contribution in [0.4, 0.5) is 0 Å². The molecule has 2 aromatic heterocycles. The fourth-order valence-electron chi connectivity index (χ4n) is 2.99. The third kappa shape index (κ3) is 3.55. The molecule has 2 heterocycles. The molecule has 2 aromatic rings. The van der Waals surface area contributed by atoms with Crippen molar-refractivity contribution >= 4 is 11.8 Å². The van der Waals surface area contributed by atoms with Gasteiger partial charge in [0.2, 0.25) is 5.82 Å². The van der Waals surface area contributed by atoms with Gasteiger partial charge in [0, 0.05) is 18.4 Å². The number of hydrogen-bond donors (Lipinski definition) is 1. The summed E-state index contributed by atoms with van der Waals surface area (Å²) < 4.78 is 7.82. The summed E-state index contributed by atoms with van der Waals surface area (Å²) in [6.45, 7) is 0.257. The van der Waals surface area contributed by atoms with E-state index in [2.05, 4.69) is 14.8 Å². The maximum atomic E-state index is 8.90. The van der Waals surface area contributed by atoms with Crippen molar-refractivity contribution in [1.82, 2.24) is 14.8 Å². The highest BCUT2D eigenvalue weighted by atomic mass is 32.2. The number of nitrogens with zero attached hydrogens (tertiary/aromatic N) is 3. The molecule has 0 atom stereocenters. The number of hydrogen-bond acceptors (Lipinski definition) is 5. The molecule has 1 fully saturated rings. The second-order valence-electron chi connectivity index (χ2n) is 5.72. The maximum Gasteiger partial charge on any atom is 0.200 e. The van der Waals surface area contributed by atoms with Crippen LogP contribution < -0.4 is 0 Å². The first-order valence-electron chi connectivity index (χ1n) is 8.12. The lowest BCUT2D eigenvalue weighted by atomic mass is 9.95. The normalized spacial score (nSPS) is 16.2. The molecule has 0 aliphatic heterocycles. The van der Waals surface area contributed by atoms with Gasteiger partial charge in [0.1, 0.15) is 0 Å². The van der Waals surface area contributed by atoms with E-state index in [9.17, 15) is 0 Å². The zero-order valence-corrected chi connectivity index (χ0v) is 13.6. The Balaban J connectivity index is 1.82. The average Bonchev–Trinajstić information content (AvgIpc) is 3.21. The average molecular weight is 321 g/mol. The Morgan fingerprint density at radius 3 is 2.82 bits per heavy atom. The molecule has 0 amide bonds. The number of thioether (sulfide) groups is 1. The van der Waals surface area contributed by atoms with Gasteiger partial charge in [0.05, 0.1) is 6.26 Å². The summed E-state index contributed by atoms with van der Waals surface area (Å²) in [7, 11) is 0. The summed E-state index contributed by atoms with van der Waals surface area (Å²) in [5.41, 5.74) is 0. The molecule has 3 rings (SSSR count). The topological polar surface area (TPSA) is 64.1 Å². The zero-order valence-electron chi connectivity index (χ0n) is 12.8. The smallest absolute Gasteiger partial charge is 0.200 e. The number of aliphatic hydroxyl groups is 1. The minimum Gasteiger partial charge on any atom is -0.461 e. The first kappa shape index (κ1) is 15.6. The van der Waals surface area contributed by atoms with Crippen molar-refractivity contribution in [1.29, 1.82) is 0 Å². The van der Waals surface area contributed by atoms with Crippen LogP contribution in [0.2, 0.25) is 0 Å². The number of rotatable bonds is 7. The van der Waals surface area contributed by atoms with Crippen molar-refractivity contribution in [2.45, 2.75) is 56.1 Å². The standard InChI is InChI=1S/C16H23N3O2S/c20-10-4-5-12-22-16-18-17-15(14-9-6-11-21-14)19(16)13-7-2-1-3-8-13/h6,9,11,13,20H,1-5,7-8,10,12H2. The van der Waals surface area contributed by atoms with E-state index in [1.54, 1.807) is 18.0 Å². The summed E-state index contributed by atoms with van der Waals surface area (Å²) >= 11 is 1.74. The molecule has 0 spiro atoms. The van der Waals surface area contributed by atoms with Crippen LogP contribution in [0.15, 0.2) is 28.0 Å². The number of aliphatic hydroxyl groups excluding tert-OH is 1. The molecule has 5 nitrogen and oxygen atoms in total. The van der Waals surface area contributed by atoms with Gasteiger partial charge in [-0.3, -0.25) is 4.57 Å². The zero-order chi connectivity index (χ0) is 15.2. The summed E-state index contributed by atoms with van der Waals surface area (Å²) in [5.74, 6) is 2.60. The maximum absolute atomic E-state index is 8.90. The number of furan rings is 1. The Hall–Kier alpha value is -1.27. The lowest BCUT2D eigenvalue weighted by molar-refractivity contribution is 0.287. The first-order chi connectivity index (χ1) is 10.9. The molecule has 0 radical (unpaired) electrons. The van der Waals surface area contributed by atoms with E-state index in [1.807, 2.05) is 12.1 Å². The van der Waals surface area contributed by atoms with Crippen molar-refractivity contribution in [2.75, 3.05) is 12.4 Å². The first-order valence-corrected chi connectivity index (χ1v) is 9.11. The van der Waals surface area contributed by atoms with Gasteiger partial charge < -0.3 is 9.52 Å². The molecule has 22 heavy (non-hydrogen) atoms. The van der Waals surface area contributed by atoms with Gasteiger partial charge in [0.25, 0.3) is 0 Å². The van der Waals surface area contributed by atoms with Gasteiger partial charge >= 0.3 is 0 Å². The Bertz CT molecular complexity index is 562. The van der Waals surface area contributed by atoms with Gasteiger partial charge in [0.15, 0.2) is 10.9 Å². The molecule has 1 aliphatic rings. The van der Waals surface area contributed by atoms with E-state index in [1.165, 1.54) is 32.1 Å². The predicted octanol–water partition coefficient (Wildman–Crippen LogP) is 3.91. The van der Waals surface area contributed by atoms with Crippen molar-refractivity contribution < 1.29 is 9.52 Å². The highest BCUT2D eigenvalue weighted by molar-refractivity contribution is 7.99. The quantitative estimate of drug-likeness (QED) is 0.619. The molecule has 1 saturated carbocycles. The fourth-order valence-corrected chi connectivity index (χ4v) is 4.00. The molecular formula is C16H23N3O2S. The van der Waals surface area contributed by atoms with Gasteiger partial charge in [-0.25, -0.2) is 0 Å². The molecule has 120 valence electrons. The van der Waals surface area contributed by atoms with Crippen LogP contribution in [0.25, 0.3) is 11.6 Å². The summed E-state index contributed by atoms with van der Waals surface area (Å²) in [6, 6.07) is 4.32. The fraction of sp³-hybridized carbons (Fsp3) is 0.625. The second kappa shape index (κ2) is 7.83. The molecule has 1 aliphatic carbocycles. The third-order valence-electron chi connectivity index (χ3n) is 4.13. The van der Waals surface area contributed by atoms with E-state index in [0.717, 1.165) is 35.3 Å². The van der Waals surface area contributed by atoms with Gasteiger partial charge in [-0.15, -0.1) is 10.2 Å². The molecule has 0 bridgehead atoms. The molecule has 0 aromatic carbocycles. The van der Waals surface area contributed by atoms with Gasteiger partial charge in [-0.2, -0.15) is 0 Å². The second-order valence-corrected chi connectivity index (χ2v) is 6.79. The van der Waals surface area contributed by atoms with Crippen LogP contribution in [0, 0.1) is 0 Å². The molecule has 0 unspecified atom stereocenters. The van der Waals surface area contributed by atoms with Crippen LogP contribution in [0.3, 0.4) is 0 Å². The van der Waals surface area contributed by atoms with Crippen molar-refractivity contribution in [3.8, 4) is 11.6 Å². The lowest BCUT2D eigenvalue weighted by Gasteiger charge is -2.25. The summed E-state index contributed by atoms with van der Waals surface area (Å²) in [4.78, 5) is 0. The van der Waals surface area contributed by atoms with E-state index in [0.29, 0.717) is 6.04 Å². The minimum atomic E-state index is 0.257. The van der Waals surface area contributed by atoms with Crippen LogP contribution in [-0.2, 0) is 0 Å². The minimum absolute atomic E-state index is 0.257. The highest BCUT2D eigenvalue weighted by Crippen LogP contribution is 2.35. The van der Waals surface area contributed by atoms with Crippen LogP contribution in [-0.4, -0.2) is 32.2 Å². The Morgan fingerprint density at radius 2 is 2.09 bits per heavy atom. The van der Waals surface area contributed by atoms with Crippen molar-refractivity contribution in [3.05, 3.63) is 18.4 Å². The van der Waals surface area contributed by atoms with Crippen molar-refractivity contribution in [3.63, 3.8) is 0 Å². The predicted molar refractivity (Wildman–Crippen MR) is 86.9 cm³/mol. The van der Waals surface area contributed by atoms with Gasteiger partial charge in [-0.1, -0.05) is 31.0 Å². The Morgan fingerprint density at radius 1 is 1.23 bits per heavy atom. The van der Waals surface area contributed by atoms with E-state index >= 15 is 0 Å². The van der Waals surface area contributed by atoms with Gasteiger partial charge in [-0.05, 0) is 37.8 Å². The highest BCUT2D eigenvalue weighted by Gasteiger charge is 2.24. The molecule has 1 N–H and O–H groups in total. The van der Waals surface area contributed by atoms with E-state index in [4.69, 9.17) is 9.52 Å².